The number of ether oxygens (including phenoxy) is 1. The minimum absolute atomic E-state index is 0.0130. The highest BCUT2D eigenvalue weighted by atomic mass is 16.5. The smallest absolute Gasteiger partial charge is 0.224 e. The van der Waals surface area contributed by atoms with Gasteiger partial charge in [-0.1, -0.05) is 6.92 Å². The average Bonchev–Trinajstić information content (AvgIpc) is 2.85. The quantitative estimate of drug-likeness (QED) is 0.755. The summed E-state index contributed by atoms with van der Waals surface area (Å²) >= 11 is 0. The van der Waals surface area contributed by atoms with E-state index in [0.29, 0.717) is 18.3 Å². The van der Waals surface area contributed by atoms with E-state index in [9.17, 15) is 14.7 Å². The summed E-state index contributed by atoms with van der Waals surface area (Å²) < 4.78 is 5.14. The van der Waals surface area contributed by atoms with Gasteiger partial charge in [-0.05, 0) is 61.7 Å². The van der Waals surface area contributed by atoms with E-state index in [4.69, 9.17) is 4.74 Å². The second-order valence-electron chi connectivity index (χ2n) is 7.85. The van der Waals surface area contributed by atoms with Gasteiger partial charge in [0.15, 0.2) is 11.5 Å². The van der Waals surface area contributed by atoms with Crippen LogP contribution in [0, 0.1) is 23.2 Å². The van der Waals surface area contributed by atoms with E-state index in [1.54, 1.807) is 0 Å². The molecule has 4 nitrogen and oxygen atoms in total. The largest absolute Gasteiger partial charge is 0.493 e. The number of ketones is 2. The van der Waals surface area contributed by atoms with Gasteiger partial charge in [0, 0.05) is 17.2 Å². The number of methoxy groups -OCH3 is 1. The van der Waals surface area contributed by atoms with Crippen molar-refractivity contribution >= 4 is 11.6 Å². The molecule has 4 aliphatic carbocycles. The summed E-state index contributed by atoms with van der Waals surface area (Å²) in [6.45, 7) is 2.21. The molecule has 0 unspecified atom stereocenters. The van der Waals surface area contributed by atoms with E-state index in [1.807, 2.05) is 0 Å². The van der Waals surface area contributed by atoms with E-state index < -0.39 is 0 Å². The molecule has 4 heteroatoms. The van der Waals surface area contributed by atoms with Gasteiger partial charge in [0.05, 0.1) is 13.2 Å². The van der Waals surface area contributed by atoms with Crippen molar-refractivity contribution in [3.05, 3.63) is 23.0 Å². The molecule has 5 atom stereocenters. The Balaban J connectivity index is 1.72. The number of fused-ring (bicyclic) bond motifs is 4. The summed E-state index contributed by atoms with van der Waals surface area (Å²) in [5, 5.41) is 10.4. The van der Waals surface area contributed by atoms with Crippen molar-refractivity contribution in [2.75, 3.05) is 7.11 Å². The maximum Gasteiger partial charge on any atom is 0.224 e. The van der Waals surface area contributed by atoms with Gasteiger partial charge in [0.1, 0.15) is 0 Å². The summed E-state index contributed by atoms with van der Waals surface area (Å²) in [6.07, 6.45) is 6.52. The summed E-state index contributed by atoms with van der Waals surface area (Å²) in [5.74, 6) is 1.10. The molecule has 1 N–H and O–H groups in total. The van der Waals surface area contributed by atoms with Crippen LogP contribution in [0.5, 0.6) is 0 Å². The monoisotopic (exact) mass is 316 g/mol. The summed E-state index contributed by atoms with van der Waals surface area (Å²) in [6, 6.07) is 0. The second kappa shape index (κ2) is 5.04. The van der Waals surface area contributed by atoms with Crippen LogP contribution in [0.25, 0.3) is 0 Å². The fraction of sp³-hybridized carbons (Fsp3) is 0.684. The molecule has 4 rings (SSSR count). The summed E-state index contributed by atoms with van der Waals surface area (Å²) in [7, 11) is 1.45. The molecule has 0 aromatic heterocycles. The lowest BCUT2D eigenvalue weighted by molar-refractivity contribution is -0.120. The zero-order chi connectivity index (χ0) is 16.4. The predicted octanol–water partition coefficient (Wildman–Crippen LogP) is 2.56. The Kier molecular flexibility index (Phi) is 3.31. The van der Waals surface area contributed by atoms with Crippen molar-refractivity contribution in [2.24, 2.45) is 23.2 Å². The van der Waals surface area contributed by atoms with Crippen molar-refractivity contribution in [3.63, 3.8) is 0 Å². The first-order valence-corrected chi connectivity index (χ1v) is 8.73. The molecule has 23 heavy (non-hydrogen) atoms. The molecule has 0 aromatic rings. The maximum absolute atomic E-state index is 12.8. The number of hydrogen-bond donors (Lipinski definition) is 1. The first-order valence-electron chi connectivity index (χ1n) is 8.73. The number of carbonyl (C=O) groups is 2. The number of aliphatic hydroxyl groups excluding tert-OH is 1. The Bertz CT molecular complexity index is 644. The highest BCUT2D eigenvalue weighted by molar-refractivity contribution is 6.22. The van der Waals surface area contributed by atoms with Crippen molar-refractivity contribution in [1.29, 1.82) is 0 Å². The second-order valence-corrected chi connectivity index (χ2v) is 7.85. The third-order valence-corrected chi connectivity index (χ3v) is 7.06. The first-order chi connectivity index (χ1) is 11.0. The Labute approximate surface area is 136 Å². The number of Topliss-reactive ketones (excluding diaryl/α,β-unsaturated/α-hetero) is 1. The number of aliphatic hydroxyl groups is 1. The fourth-order valence-corrected chi connectivity index (χ4v) is 5.81. The van der Waals surface area contributed by atoms with Crippen LogP contribution in [0.2, 0.25) is 0 Å². The summed E-state index contributed by atoms with van der Waals surface area (Å²) in [5.41, 5.74) is 1.44. The lowest BCUT2D eigenvalue weighted by Crippen LogP contribution is -2.46. The Hall–Kier alpha value is -1.42. The number of allylic oxidation sites excluding steroid dienone is 3. The van der Waals surface area contributed by atoms with Gasteiger partial charge in [-0.25, -0.2) is 0 Å². The molecule has 0 spiro atoms. The van der Waals surface area contributed by atoms with Gasteiger partial charge < -0.3 is 9.84 Å². The third-order valence-electron chi connectivity index (χ3n) is 7.06. The molecule has 0 amide bonds. The number of hydrogen-bond acceptors (Lipinski definition) is 4. The van der Waals surface area contributed by atoms with Crippen LogP contribution >= 0.6 is 0 Å². The van der Waals surface area contributed by atoms with Crippen LogP contribution in [0.4, 0.5) is 0 Å². The summed E-state index contributed by atoms with van der Waals surface area (Å²) in [4.78, 5) is 25.1. The maximum atomic E-state index is 12.8. The van der Waals surface area contributed by atoms with Crippen LogP contribution < -0.4 is 0 Å². The molecule has 2 saturated carbocycles. The van der Waals surface area contributed by atoms with Crippen LogP contribution in [-0.4, -0.2) is 29.9 Å². The molecule has 4 aliphatic rings. The van der Waals surface area contributed by atoms with Crippen LogP contribution in [0.3, 0.4) is 0 Å². The molecule has 0 bridgehead atoms. The number of rotatable bonds is 1. The zero-order valence-electron chi connectivity index (χ0n) is 13.8. The molecule has 2 fully saturated rings. The lowest BCUT2D eigenvalue weighted by Gasteiger charge is -2.50. The molecule has 0 aromatic carbocycles. The molecule has 124 valence electrons. The first kappa shape index (κ1) is 15.1. The van der Waals surface area contributed by atoms with Gasteiger partial charge in [-0.15, -0.1) is 0 Å². The van der Waals surface area contributed by atoms with Crippen LogP contribution in [0.15, 0.2) is 23.0 Å². The molecule has 0 saturated heterocycles. The van der Waals surface area contributed by atoms with Crippen LogP contribution in [0.1, 0.15) is 45.4 Å². The Morgan fingerprint density at radius 1 is 1.22 bits per heavy atom. The van der Waals surface area contributed by atoms with Gasteiger partial charge in [-0.2, -0.15) is 0 Å². The van der Waals surface area contributed by atoms with E-state index in [-0.39, 0.29) is 34.8 Å². The van der Waals surface area contributed by atoms with E-state index in [2.05, 4.69) is 6.92 Å². The highest BCUT2D eigenvalue weighted by Gasteiger charge is 2.56. The fourth-order valence-electron chi connectivity index (χ4n) is 5.81. The molecule has 0 heterocycles. The zero-order valence-corrected chi connectivity index (χ0v) is 13.8. The van der Waals surface area contributed by atoms with Crippen molar-refractivity contribution in [3.8, 4) is 0 Å². The van der Waals surface area contributed by atoms with Gasteiger partial charge in [0.2, 0.25) is 5.78 Å². The van der Waals surface area contributed by atoms with Crippen LogP contribution in [-0.2, 0) is 14.3 Å². The third kappa shape index (κ3) is 1.94. The molecular weight excluding hydrogens is 292 g/mol. The molecule has 0 aliphatic heterocycles. The molecular formula is C19H24O4. The topological polar surface area (TPSA) is 63.6 Å². The number of carbonyl (C=O) groups excluding carboxylic acids is 2. The standard InChI is InChI=1S/C19H24O4/c1-19-8-7-11-10(13(19)5-6-16(19)21)3-4-12-14(20)9-15(23-2)18(22)17(11)12/h9-11,13,16,21H,3-8H2,1-2H3/t10-,11+,13+,16+,19+/m1/s1. The minimum atomic E-state index is -0.220. The van der Waals surface area contributed by atoms with E-state index in [1.165, 1.54) is 13.2 Å². The van der Waals surface area contributed by atoms with Gasteiger partial charge in [0.25, 0.3) is 0 Å². The lowest BCUT2D eigenvalue weighted by atomic mass is 9.54. The van der Waals surface area contributed by atoms with Gasteiger partial charge in [-0.3, -0.25) is 9.59 Å². The predicted molar refractivity (Wildman–Crippen MR) is 84.4 cm³/mol. The highest BCUT2D eigenvalue weighted by Crippen LogP contribution is 2.60. The average molecular weight is 316 g/mol. The van der Waals surface area contributed by atoms with E-state index >= 15 is 0 Å². The van der Waals surface area contributed by atoms with E-state index in [0.717, 1.165) is 43.3 Å². The SMILES string of the molecule is COC1=CC(=O)C2=C(C1=O)[C@H]1CC[C@]3(C)[C@@H](O)CC[C@H]3[C@@H]1CC2. The Morgan fingerprint density at radius 2 is 2.00 bits per heavy atom. The van der Waals surface area contributed by atoms with Crippen molar-refractivity contribution < 1.29 is 19.4 Å². The molecule has 0 radical (unpaired) electrons. The Morgan fingerprint density at radius 3 is 2.74 bits per heavy atom. The van der Waals surface area contributed by atoms with Crippen molar-refractivity contribution in [1.82, 2.24) is 0 Å². The normalized spacial score (nSPS) is 42.8. The van der Waals surface area contributed by atoms with Crippen molar-refractivity contribution in [2.45, 2.75) is 51.6 Å². The minimum Gasteiger partial charge on any atom is -0.493 e. The van der Waals surface area contributed by atoms with Gasteiger partial charge >= 0.3 is 0 Å².